The highest BCUT2D eigenvalue weighted by Gasteiger charge is 2.05. The molecule has 0 aromatic heterocycles. The van der Waals surface area contributed by atoms with Crippen molar-refractivity contribution in [1.29, 1.82) is 0 Å². The van der Waals surface area contributed by atoms with Gasteiger partial charge in [-0.15, -0.1) is 0 Å². The zero-order chi connectivity index (χ0) is 14.5. The van der Waals surface area contributed by atoms with Crippen molar-refractivity contribution in [1.82, 2.24) is 0 Å². The number of halogens is 2. The molecule has 0 aliphatic heterocycles. The predicted octanol–water partition coefficient (Wildman–Crippen LogP) is 4.70. The minimum absolute atomic E-state index is 0.143. The molecule has 0 spiro atoms. The van der Waals surface area contributed by atoms with Crippen LogP contribution in [-0.2, 0) is 17.8 Å². The van der Waals surface area contributed by atoms with E-state index < -0.39 is 0 Å². The van der Waals surface area contributed by atoms with E-state index >= 15 is 0 Å². The smallest absolute Gasteiger partial charge is 0.134 e. The zero-order valence-corrected chi connectivity index (χ0v) is 12.5. The van der Waals surface area contributed by atoms with Gasteiger partial charge in [0.1, 0.15) is 18.1 Å². The van der Waals surface area contributed by atoms with Crippen LogP contribution in [0.15, 0.2) is 42.5 Å². The monoisotopic (exact) mass is 308 g/mol. The molecule has 0 heterocycles. The summed E-state index contributed by atoms with van der Waals surface area (Å²) in [4.78, 5) is 11.0. The largest absolute Gasteiger partial charge is 0.489 e. The Morgan fingerprint density at radius 2 is 1.80 bits per heavy atom. The first-order chi connectivity index (χ1) is 9.56. The van der Waals surface area contributed by atoms with E-state index in [0.29, 0.717) is 23.1 Å². The van der Waals surface area contributed by atoms with Gasteiger partial charge in [-0.2, -0.15) is 0 Å². The second-order valence-corrected chi connectivity index (χ2v) is 5.31. The number of hydrogen-bond donors (Lipinski definition) is 0. The second-order valence-electron chi connectivity index (χ2n) is 4.52. The Morgan fingerprint density at radius 3 is 2.45 bits per heavy atom. The molecule has 0 N–H and O–H groups in total. The van der Waals surface area contributed by atoms with Crippen molar-refractivity contribution in [2.45, 2.75) is 20.0 Å². The molecule has 0 unspecified atom stereocenters. The van der Waals surface area contributed by atoms with Crippen molar-refractivity contribution in [3.63, 3.8) is 0 Å². The van der Waals surface area contributed by atoms with E-state index in [9.17, 15) is 4.79 Å². The highest BCUT2D eigenvalue weighted by Crippen LogP contribution is 2.26. The molecule has 4 heteroatoms. The Kier molecular flexibility index (Phi) is 5.05. The summed E-state index contributed by atoms with van der Waals surface area (Å²) in [6, 6.07) is 12.9. The van der Waals surface area contributed by atoms with Crippen molar-refractivity contribution < 1.29 is 9.53 Å². The van der Waals surface area contributed by atoms with Crippen LogP contribution in [0.2, 0.25) is 10.0 Å². The van der Waals surface area contributed by atoms with Crippen molar-refractivity contribution >= 4 is 29.0 Å². The second kappa shape index (κ2) is 6.78. The molecule has 0 fully saturated rings. The molecule has 0 radical (unpaired) electrons. The number of Topliss-reactive ketones (excluding diaryl/α,β-unsaturated/α-hetero) is 1. The molecule has 20 heavy (non-hydrogen) atoms. The fourth-order valence-corrected chi connectivity index (χ4v) is 2.19. The summed E-state index contributed by atoms with van der Waals surface area (Å²) < 4.78 is 5.66. The normalized spacial score (nSPS) is 10.3. The molecule has 0 saturated carbocycles. The Morgan fingerprint density at radius 1 is 1.10 bits per heavy atom. The lowest BCUT2D eigenvalue weighted by Gasteiger charge is -2.09. The van der Waals surface area contributed by atoms with E-state index in [4.69, 9.17) is 27.9 Å². The SMILES string of the molecule is CC(=O)Cc1ccc(OCc2cccc(Cl)c2Cl)cc1. The summed E-state index contributed by atoms with van der Waals surface area (Å²) in [6.07, 6.45) is 0.445. The van der Waals surface area contributed by atoms with Gasteiger partial charge in [-0.1, -0.05) is 47.5 Å². The molecule has 0 amide bonds. The third-order valence-corrected chi connectivity index (χ3v) is 3.66. The summed E-state index contributed by atoms with van der Waals surface area (Å²) in [5.74, 6) is 0.873. The van der Waals surface area contributed by atoms with E-state index in [1.165, 1.54) is 0 Å². The number of ketones is 1. The molecular weight excluding hydrogens is 295 g/mol. The Labute approximate surface area is 128 Å². The quantitative estimate of drug-likeness (QED) is 0.800. The molecule has 0 atom stereocenters. The van der Waals surface area contributed by atoms with E-state index in [1.807, 2.05) is 36.4 Å². The van der Waals surface area contributed by atoms with Gasteiger partial charge in [-0.3, -0.25) is 4.79 Å². The molecule has 0 aliphatic carbocycles. The van der Waals surface area contributed by atoms with Gasteiger partial charge in [0, 0.05) is 12.0 Å². The van der Waals surface area contributed by atoms with E-state index in [-0.39, 0.29) is 5.78 Å². The van der Waals surface area contributed by atoms with Crippen LogP contribution >= 0.6 is 23.2 Å². The summed E-state index contributed by atoms with van der Waals surface area (Å²) in [6.45, 7) is 1.93. The summed E-state index contributed by atoms with van der Waals surface area (Å²) >= 11 is 12.0. The Balaban J connectivity index is 2.00. The van der Waals surface area contributed by atoms with Crippen LogP contribution in [0, 0.1) is 0 Å². The van der Waals surface area contributed by atoms with Crippen molar-refractivity contribution in [3.8, 4) is 5.75 Å². The Hall–Kier alpha value is -1.51. The maximum Gasteiger partial charge on any atom is 0.134 e. The number of carbonyl (C=O) groups excluding carboxylic acids is 1. The number of hydrogen-bond acceptors (Lipinski definition) is 2. The van der Waals surface area contributed by atoms with Gasteiger partial charge in [0.15, 0.2) is 0 Å². The topological polar surface area (TPSA) is 26.3 Å². The van der Waals surface area contributed by atoms with E-state index in [1.54, 1.807) is 13.0 Å². The average molecular weight is 309 g/mol. The van der Waals surface area contributed by atoms with Gasteiger partial charge >= 0.3 is 0 Å². The maximum atomic E-state index is 11.0. The summed E-state index contributed by atoms with van der Waals surface area (Å²) in [7, 11) is 0. The van der Waals surface area contributed by atoms with E-state index in [2.05, 4.69) is 0 Å². The van der Waals surface area contributed by atoms with Gasteiger partial charge < -0.3 is 4.74 Å². The van der Waals surface area contributed by atoms with Crippen LogP contribution in [-0.4, -0.2) is 5.78 Å². The fraction of sp³-hybridized carbons (Fsp3) is 0.188. The fourth-order valence-electron chi connectivity index (χ4n) is 1.81. The molecule has 0 saturated heterocycles. The van der Waals surface area contributed by atoms with Gasteiger partial charge in [0.25, 0.3) is 0 Å². The Bertz CT molecular complexity index is 606. The van der Waals surface area contributed by atoms with Gasteiger partial charge in [-0.25, -0.2) is 0 Å². The van der Waals surface area contributed by atoms with Gasteiger partial charge in [0.2, 0.25) is 0 Å². The number of rotatable bonds is 5. The van der Waals surface area contributed by atoms with Crippen LogP contribution < -0.4 is 4.74 Å². The zero-order valence-electron chi connectivity index (χ0n) is 11.0. The highest BCUT2D eigenvalue weighted by atomic mass is 35.5. The van der Waals surface area contributed by atoms with Crippen molar-refractivity contribution in [2.24, 2.45) is 0 Å². The molecular formula is C16H14Cl2O2. The number of benzene rings is 2. The van der Waals surface area contributed by atoms with Crippen molar-refractivity contribution in [2.75, 3.05) is 0 Å². The molecule has 2 nitrogen and oxygen atoms in total. The molecule has 2 aromatic rings. The maximum absolute atomic E-state index is 11.0. The van der Waals surface area contributed by atoms with Crippen LogP contribution in [0.3, 0.4) is 0 Å². The molecule has 104 valence electrons. The van der Waals surface area contributed by atoms with Gasteiger partial charge in [-0.05, 0) is 30.7 Å². The van der Waals surface area contributed by atoms with Crippen LogP contribution in [0.1, 0.15) is 18.1 Å². The molecule has 0 bridgehead atoms. The minimum Gasteiger partial charge on any atom is -0.489 e. The first-order valence-corrected chi connectivity index (χ1v) is 6.96. The lowest BCUT2D eigenvalue weighted by Crippen LogP contribution is -1.98. The number of ether oxygens (including phenoxy) is 1. The minimum atomic E-state index is 0.143. The van der Waals surface area contributed by atoms with Crippen LogP contribution in [0.4, 0.5) is 0 Å². The summed E-state index contributed by atoms with van der Waals surface area (Å²) in [5.41, 5.74) is 1.82. The van der Waals surface area contributed by atoms with Gasteiger partial charge in [0.05, 0.1) is 10.0 Å². The van der Waals surface area contributed by atoms with Crippen LogP contribution in [0.5, 0.6) is 5.75 Å². The third kappa shape index (κ3) is 3.99. The predicted molar refractivity (Wildman–Crippen MR) is 81.6 cm³/mol. The lowest BCUT2D eigenvalue weighted by molar-refractivity contribution is -0.116. The van der Waals surface area contributed by atoms with Crippen LogP contribution in [0.25, 0.3) is 0 Å². The molecule has 2 rings (SSSR count). The third-order valence-electron chi connectivity index (χ3n) is 2.80. The molecule has 2 aromatic carbocycles. The average Bonchev–Trinajstić information content (AvgIpc) is 2.41. The lowest BCUT2D eigenvalue weighted by atomic mass is 10.1. The summed E-state index contributed by atoms with van der Waals surface area (Å²) in [5, 5.41) is 1.03. The standard InChI is InChI=1S/C16H14Cl2O2/c1-11(19)9-12-5-7-14(8-6-12)20-10-13-3-2-4-15(17)16(13)18/h2-8H,9-10H2,1H3. The first kappa shape index (κ1) is 14.9. The molecule has 0 aliphatic rings. The first-order valence-electron chi connectivity index (χ1n) is 6.20. The highest BCUT2D eigenvalue weighted by molar-refractivity contribution is 6.42. The number of carbonyl (C=O) groups is 1. The van der Waals surface area contributed by atoms with Crippen molar-refractivity contribution in [3.05, 3.63) is 63.6 Å². The van der Waals surface area contributed by atoms with E-state index in [0.717, 1.165) is 16.9 Å².